The van der Waals surface area contributed by atoms with Crippen molar-refractivity contribution in [1.82, 2.24) is 10.2 Å². The molecule has 1 aromatic heterocycles. The highest BCUT2D eigenvalue weighted by molar-refractivity contribution is 7.13. The summed E-state index contributed by atoms with van der Waals surface area (Å²) < 4.78 is 5.57. The Balaban J connectivity index is 1.67. The first-order chi connectivity index (χ1) is 12.0. The van der Waals surface area contributed by atoms with E-state index in [-0.39, 0.29) is 17.0 Å². The van der Waals surface area contributed by atoms with Crippen LogP contribution in [-0.4, -0.2) is 48.2 Å². The van der Waals surface area contributed by atoms with Crippen LogP contribution in [0.3, 0.4) is 0 Å². The molecule has 1 saturated heterocycles. The number of rotatable bonds is 7. The van der Waals surface area contributed by atoms with Crippen molar-refractivity contribution < 1.29 is 19.4 Å². The van der Waals surface area contributed by atoms with Crippen molar-refractivity contribution in [3.8, 4) is 0 Å². The van der Waals surface area contributed by atoms with E-state index in [2.05, 4.69) is 10.2 Å². The lowest BCUT2D eigenvalue weighted by Gasteiger charge is -2.36. The molecule has 1 aliphatic heterocycles. The molecule has 0 aliphatic carbocycles. The second kappa shape index (κ2) is 7.77. The number of benzene rings is 1. The fourth-order valence-corrected chi connectivity index (χ4v) is 3.52. The third kappa shape index (κ3) is 4.45. The van der Waals surface area contributed by atoms with Gasteiger partial charge in [-0.2, -0.15) is 0 Å². The molecule has 132 valence electrons. The number of likely N-dealkylation sites (N-methyl/N-ethyl adjacent to an activating group) is 1. The largest absolute Gasteiger partial charge is 0.477 e. The van der Waals surface area contributed by atoms with Crippen LogP contribution >= 0.6 is 11.3 Å². The fourth-order valence-electron chi connectivity index (χ4n) is 2.72. The molecule has 7 heteroatoms. The van der Waals surface area contributed by atoms with Crippen LogP contribution in [0.5, 0.6) is 0 Å². The summed E-state index contributed by atoms with van der Waals surface area (Å²) in [6, 6.07) is 12.2. The van der Waals surface area contributed by atoms with E-state index in [4.69, 9.17) is 9.84 Å². The van der Waals surface area contributed by atoms with Crippen molar-refractivity contribution in [2.45, 2.75) is 18.7 Å². The number of carboxylic acid groups (broad SMARTS) is 1. The average molecular weight is 360 g/mol. The van der Waals surface area contributed by atoms with Crippen LogP contribution in [0, 0.1) is 0 Å². The van der Waals surface area contributed by atoms with Gasteiger partial charge >= 0.3 is 11.9 Å². The standard InChI is InChI=1S/C18H20N2O4S/c1-20-10-13(11-20)24-18(23)16(12-5-3-2-4-6-12)19-9-14-7-8-15(25-14)17(21)22/h2-8,13,16,19H,9-11H2,1H3,(H,21,22). The number of nitrogens with zero attached hydrogens (tertiary/aromatic N) is 1. The van der Waals surface area contributed by atoms with Gasteiger partial charge in [0.2, 0.25) is 0 Å². The Morgan fingerprint density at radius 2 is 2.00 bits per heavy atom. The van der Waals surface area contributed by atoms with Gasteiger partial charge in [-0.3, -0.25) is 10.2 Å². The smallest absolute Gasteiger partial charge is 0.345 e. The van der Waals surface area contributed by atoms with Gasteiger partial charge in [0.15, 0.2) is 0 Å². The summed E-state index contributed by atoms with van der Waals surface area (Å²) in [6.07, 6.45) is -0.0640. The first-order valence-corrected chi connectivity index (χ1v) is 8.84. The number of thiophene rings is 1. The molecule has 0 radical (unpaired) electrons. The third-order valence-corrected chi connectivity index (χ3v) is 5.11. The third-order valence-electron chi connectivity index (χ3n) is 4.03. The molecular weight excluding hydrogens is 340 g/mol. The van der Waals surface area contributed by atoms with Gasteiger partial charge in [-0.15, -0.1) is 11.3 Å². The molecular formula is C18H20N2O4S. The van der Waals surface area contributed by atoms with Crippen molar-refractivity contribution in [3.05, 3.63) is 57.8 Å². The van der Waals surface area contributed by atoms with Gasteiger partial charge in [-0.1, -0.05) is 30.3 Å². The van der Waals surface area contributed by atoms with Gasteiger partial charge in [0.05, 0.1) is 0 Å². The zero-order valence-corrected chi connectivity index (χ0v) is 14.7. The number of carbonyl (C=O) groups excluding carboxylic acids is 1. The quantitative estimate of drug-likeness (QED) is 0.737. The summed E-state index contributed by atoms with van der Waals surface area (Å²) in [5, 5.41) is 12.2. The van der Waals surface area contributed by atoms with Gasteiger partial charge in [-0.25, -0.2) is 9.59 Å². The highest BCUT2D eigenvalue weighted by Gasteiger charge is 2.30. The molecule has 6 nitrogen and oxygen atoms in total. The minimum Gasteiger partial charge on any atom is -0.477 e. The van der Waals surface area contributed by atoms with Crippen molar-refractivity contribution >= 4 is 23.3 Å². The molecule has 1 atom stereocenters. The summed E-state index contributed by atoms with van der Waals surface area (Å²) >= 11 is 1.20. The van der Waals surface area contributed by atoms with Crippen LogP contribution in [0.25, 0.3) is 0 Å². The first kappa shape index (κ1) is 17.6. The predicted octanol–water partition coefficient (Wildman–Crippen LogP) is 2.13. The van der Waals surface area contributed by atoms with Crippen LogP contribution in [0.15, 0.2) is 42.5 Å². The Kier molecular flexibility index (Phi) is 5.47. The van der Waals surface area contributed by atoms with E-state index in [1.54, 1.807) is 12.1 Å². The molecule has 2 aromatic rings. The Labute approximate surface area is 150 Å². The van der Waals surface area contributed by atoms with Crippen molar-refractivity contribution in [1.29, 1.82) is 0 Å². The summed E-state index contributed by atoms with van der Waals surface area (Å²) in [7, 11) is 1.98. The maximum absolute atomic E-state index is 12.6. The van der Waals surface area contributed by atoms with E-state index in [1.165, 1.54) is 11.3 Å². The Hall–Kier alpha value is -2.22. The van der Waals surface area contributed by atoms with Gasteiger partial charge in [0.1, 0.15) is 17.0 Å². The molecule has 1 aromatic carbocycles. The van der Waals surface area contributed by atoms with Crippen LogP contribution in [0.2, 0.25) is 0 Å². The molecule has 0 bridgehead atoms. The molecule has 0 spiro atoms. The first-order valence-electron chi connectivity index (χ1n) is 8.02. The Morgan fingerprint density at radius 3 is 2.60 bits per heavy atom. The molecule has 0 amide bonds. The maximum Gasteiger partial charge on any atom is 0.345 e. The lowest BCUT2D eigenvalue weighted by molar-refractivity contribution is -0.159. The molecule has 2 N–H and O–H groups in total. The second-order valence-corrected chi connectivity index (χ2v) is 7.24. The predicted molar refractivity (Wildman–Crippen MR) is 94.7 cm³/mol. The highest BCUT2D eigenvalue weighted by atomic mass is 32.1. The topological polar surface area (TPSA) is 78.9 Å². The zero-order chi connectivity index (χ0) is 17.8. The van der Waals surface area contributed by atoms with Crippen LogP contribution in [-0.2, 0) is 16.1 Å². The summed E-state index contributed by atoms with van der Waals surface area (Å²) in [4.78, 5) is 26.8. The Morgan fingerprint density at radius 1 is 1.28 bits per heavy atom. The molecule has 25 heavy (non-hydrogen) atoms. The van der Waals surface area contributed by atoms with E-state index < -0.39 is 12.0 Å². The minimum absolute atomic E-state index is 0.0640. The highest BCUT2D eigenvalue weighted by Crippen LogP contribution is 2.21. The fraction of sp³-hybridized carbons (Fsp3) is 0.333. The SMILES string of the molecule is CN1CC(OC(=O)C(NCc2ccc(C(=O)O)s2)c2ccccc2)C1. The number of esters is 1. The van der Waals surface area contributed by atoms with Crippen LogP contribution in [0.4, 0.5) is 0 Å². The van der Waals surface area contributed by atoms with Crippen molar-refractivity contribution in [2.75, 3.05) is 20.1 Å². The van der Waals surface area contributed by atoms with E-state index in [1.807, 2.05) is 37.4 Å². The number of nitrogens with one attached hydrogen (secondary N) is 1. The Bertz CT molecular complexity index is 741. The zero-order valence-electron chi connectivity index (χ0n) is 13.8. The average Bonchev–Trinajstić information content (AvgIpc) is 3.04. The number of ether oxygens (including phenoxy) is 1. The van der Waals surface area contributed by atoms with E-state index in [0.717, 1.165) is 23.5 Å². The van der Waals surface area contributed by atoms with Gasteiger partial charge in [-0.05, 0) is 24.7 Å². The van der Waals surface area contributed by atoms with Crippen molar-refractivity contribution in [2.24, 2.45) is 0 Å². The monoisotopic (exact) mass is 360 g/mol. The number of carboxylic acids is 1. The normalized spacial score (nSPS) is 16.2. The lowest BCUT2D eigenvalue weighted by Crippen LogP contribution is -2.51. The molecule has 1 aliphatic rings. The van der Waals surface area contributed by atoms with E-state index >= 15 is 0 Å². The maximum atomic E-state index is 12.6. The number of carbonyl (C=O) groups is 2. The molecule has 0 saturated carbocycles. The molecule has 3 rings (SSSR count). The van der Waals surface area contributed by atoms with E-state index in [9.17, 15) is 9.59 Å². The summed E-state index contributed by atoms with van der Waals surface area (Å²) in [5.41, 5.74) is 0.829. The number of likely N-dealkylation sites (tertiary alicyclic amines) is 1. The summed E-state index contributed by atoms with van der Waals surface area (Å²) in [6.45, 7) is 1.90. The number of aromatic carboxylic acids is 1. The number of hydrogen-bond acceptors (Lipinski definition) is 6. The summed E-state index contributed by atoms with van der Waals surface area (Å²) in [5.74, 6) is -1.25. The van der Waals surface area contributed by atoms with Crippen molar-refractivity contribution in [3.63, 3.8) is 0 Å². The van der Waals surface area contributed by atoms with E-state index in [0.29, 0.717) is 6.54 Å². The van der Waals surface area contributed by atoms with Gasteiger partial charge < -0.3 is 9.84 Å². The molecule has 2 heterocycles. The van der Waals surface area contributed by atoms with Crippen LogP contribution < -0.4 is 5.32 Å². The minimum atomic E-state index is -0.940. The molecule has 1 fully saturated rings. The number of hydrogen-bond donors (Lipinski definition) is 2. The van der Waals surface area contributed by atoms with Crippen LogP contribution in [0.1, 0.15) is 26.2 Å². The lowest BCUT2D eigenvalue weighted by atomic mass is 10.1. The van der Waals surface area contributed by atoms with Gasteiger partial charge in [0.25, 0.3) is 0 Å². The van der Waals surface area contributed by atoms with Gasteiger partial charge in [0, 0.05) is 24.5 Å². The second-order valence-electron chi connectivity index (χ2n) is 6.08. The molecule has 1 unspecified atom stereocenters.